The summed E-state index contributed by atoms with van der Waals surface area (Å²) in [6, 6.07) is 5.38. The minimum atomic E-state index is 0.000324. The third kappa shape index (κ3) is 2.50. The summed E-state index contributed by atoms with van der Waals surface area (Å²) in [6.07, 6.45) is 1.37. The van der Waals surface area contributed by atoms with Gasteiger partial charge in [-0.05, 0) is 30.2 Å². The van der Waals surface area contributed by atoms with Gasteiger partial charge in [0.1, 0.15) is 6.61 Å². The highest BCUT2D eigenvalue weighted by Crippen LogP contribution is 2.24. The van der Waals surface area contributed by atoms with Gasteiger partial charge in [0, 0.05) is 17.7 Å². The smallest absolute Gasteiger partial charge is 0.224 e. The van der Waals surface area contributed by atoms with Crippen molar-refractivity contribution in [2.24, 2.45) is 4.99 Å². The van der Waals surface area contributed by atoms with Crippen molar-refractivity contribution >= 4 is 23.3 Å². The highest BCUT2D eigenvalue weighted by atomic mass is 16.5. The van der Waals surface area contributed by atoms with E-state index in [0.29, 0.717) is 37.5 Å². The molecule has 0 aliphatic carbocycles. The van der Waals surface area contributed by atoms with E-state index in [1.54, 1.807) is 12.1 Å². The van der Waals surface area contributed by atoms with Crippen LogP contribution in [0.2, 0.25) is 0 Å². The van der Waals surface area contributed by atoms with Gasteiger partial charge < -0.3 is 10.1 Å². The quantitative estimate of drug-likeness (QED) is 0.837. The molecule has 1 N–H and O–H groups in total. The average molecular weight is 258 g/mol. The van der Waals surface area contributed by atoms with Gasteiger partial charge in [-0.15, -0.1) is 0 Å². The standard InChI is InChI=1S/C14H14N2O3/c17-12(8-14-15-5-6-19-14)10-1-3-11-9(7-10)2-4-13(18)16-11/h1,3,7H,2,4-6,8H2,(H,16,18). The zero-order valence-electron chi connectivity index (χ0n) is 10.4. The number of carbonyl (C=O) groups is 2. The molecule has 0 fully saturated rings. The van der Waals surface area contributed by atoms with E-state index in [-0.39, 0.29) is 18.1 Å². The molecule has 1 aromatic rings. The molecule has 5 nitrogen and oxygen atoms in total. The van der Waals surface area contributed by atoms with Gasteiger partial charge >= 0.3 is 0 Å². The number of Topliss-reactive ketones (excluding diaryl/α,β-unsaturated/α-hetero) is 1. The van der Waals surface area contributed by atoms with Crippen molar-refractivity contribution in [1.29, 1.82) is 0 Å². The molecular formula is C14H14N2O3. The van der Waals surface area contributed by atoms with Crippen molar-refractivity contribution in [2.75, 3.05) is 18.5 Å². The largest absolute Gasteiger partial charge is 0.479 e. The van der Waals surface area contributed by atoms with E-state index in [9.17, 15) is 9.59 Å². The van der Waals surface area contributed by atoms with Crippen LogP contribution >= 0.6 is 0 Å². The van der Waals surface area contributed by atoms with Crippen LogP contribution in [0.25, 0.3) is 0 Å². The van der Waals surface area contributed by atoms with Crippen LogP contribution in [0.3, 0.4) is 0 Å². The Kier molecular flexibility index (Phi) is 3.03. The van der Waals surface area contributed by atoms with Crippen molar-refractivity contribution in [3.63, 3.8) is 0 Å². The number of ketones is 1. The number of rotatable bonds is 3. The lowest BCUT2D eigenvalue weighted by molar-refractivity contribution is -0.116. The van der Waals surface area contributed by atoms with Crippen LogP contribution in [0.4, 0.5) is 5.69 Å². The van der Waals surface area contributed by atoms with E-state index in [2.05, 4.69) is 10.3 Å². The van der Waals surface area contributed by atoms with Gasteiger partial charge in [-0.1, -0.05) is 0 Å². The fourth-order valence-electron chi connectivity index (χ4n) is 2.28. The SMILES string of the molecule is O=C1CCc2cc(C(=O)CC3=NCCO3)ccc2N1. The first-order valence-corrected chi connectivity index (χ1v) is 6.34. The maximum Gasteiger partial charge on any atom is 0.224 e. The predicted molar refractivity (Wildman–Crippen MR) is 70.6 cm³/mol. The second-order valence-electron chi connectivity index (χ2n) is 4.64. The summed E-state index contributed by atoms with van der Waals surface area (Å²) < 4.78 is 5.24. The topological polar surface area (TPSA) is 67.8 Å². The average Bonchev–Trinajstić information content (AvgIpc) is 2.91. The van der Waals surface area contributed by atoms with E-state index < -0.39 is 0 Å². The Morgan fingerprint density at radius 2 is 2.26 bits per heavy atom. The highest BCUT2D eigenvalue weighted by molar-refractivity contribution is 6.08. The molecule has 2 aliphatic heterocycles. The van der Waals surface area contributed by atoms with Gasteiger partial charge in [-0.2, -0.15) is 0 Å². The number of anilines is 1. The number of hydrogen-bond donors (Lipinski definition) is 1. The van der Waals surface area contributed by atoms with Crippen molar-refractivity contribution < 1.29 is 14.3 Å². The molecule has 1 aromatic carbocycles. The lowest BCUT2D eigenvalue weighted by Crippen LogP contribution is -2.19. The van der Waals surface area contributed by atoms with Crippen LogP contribution in [0.15, 0.2) is 23.2 Å². The van der Waals surface area contributed by atoms with E-state index in [4.69, 9.17) is 4.74 Å². The molecule has 3 rings (SSSR count). The van der Waals surface area contributed by atoms with Gasteiger partial charge in [-0.3, -0.25) is 14.6 Å². The van der Waals surface area contributed by atoms with E-state index in [1.807, 2.05) is 6.07 Å². The number of aliphatic imine (C=N–C) groups is 1. The highest BCUT2D eigenvalue weighted by Gasteiger charge is 2.18. The third-order valence-electron chi connectivity index (χ3n) is 3.28. The number of amides is 1. The number of benzene rings is 1. The first-order chi connectivity index (χ1) is 9.22. The minimum absolute atomic E-state index is 0.000324. The number of ether oxygens (including phenoxy) is 1. The van der Waals surface area contributed by atoms with Crippen LogP contribution in [0, 0.1) is 0 Å². The Hall–Kier alpha value is -2.17. The molecule has 2 aliphatic rings. The Morgan fingerprint density at radius 3 is 3.05 bits per heavy atom. The molecule has 2 heterocycles. The second-order valence-corrected chi connectivity index (χ2v) is 4.64. The molecule has 19 heavy (non-hydrogen) atoms. The van der Waals surface area contributed by atoms with Gasteiger partial charge in [0.25, 0.3) is 0 Å². The summed E-state index contributed by atoms with van der Waals surface area (Å²) in [7, 11) is 0. The zero-order valence-corrected chi connectivity index (χ0v) is 10.4. The number of fused-ring (bicyclic) bond motifs is 1. The van der Waals surface area contributed by atoms with E-state index >= 15 is 0 Å². The first kappa shape index (κ1) is 11.9. The molecular weight excluding hydrogens is 244 g/mol. The molecule has 0 aromatic heterocycles. The van der Waals surface area contributed by atoms with E-state index in [0.717, 1.165) is 11.3 Å². The summed E-state index contributed by atoms with van der Waals surface area (Å²) in [5.74, 6) is 0.552. The Balaban J connectivity index is 1.78. The number of hydrogen-bond acceptors (Lipinski definition) is 4. The maximum atomic E-state index is 12.1. The van der Waals surface area contributed by atoms with Gasteiger partial charge in [0.05, 0.1) is 13.0 Å². The minimum Gasteiger partial charge on any atom is -0.479 e. The number of nitrogens with zero attached hydrogens (tertiary/aromatic N) is 1. The van der Waals surface area contributed by atoms with Gasteiger partial charge in [0.2, 0.25) is 5.91 Å². The molecule has 0 saturated carbocycles. The molecule has 0 spiro atoms. The monoisotopic (exact) mass is 258 g/mol. The summed E-state index contributed by atoms with van der Waals surface area (Å²) >= 11 is 0. The summed E-state index contributed by atoms with van der Waals surface area (Å²) in [5, 5.41) is 2.80. The molecule has 0 radical (unpaired) electrons. The summed E-state index contributed by atoms with van der Waals surface area (Å²) in [6.45, 7) is 1.21. The van der Waals surface area contributed by atoms with Gasteiger partial charge in [-0.25, -0.2) is 0 Å². The number of aryl methyl sites for hydroxylation is 1. The van der Waals surface area contributed by atoms with Crippen LogP contribution in [0.5, 0.6) is 0 Å². The second kappa shape index (κ2) is 4.84. The molecule has 5 heteroatoms. The Bertz CT molecular complexity index is 578. The van der Waals surface area contributed by atoms with Crippen LogP contribution < -0.4 is 5.32 Å². The van der Waals surface area contributed by atoms with Crippen molar-refractivity contribution in [1.82, 2.24) is 0 Å². The van der Waals surface area contributed by atoms with Crippen molar-refractivity contribution in [2.45, 2.75) is 19.3 Å². The molecule has 0 saturated heterocycles. The molecule has 0 bridgehead atoms. The van der Waals surface area contributed by atoms with Crippen molar-refractivity contribution in [3.05, 3.63) is 29.3 Å². The molecule has 98 valence electrons. The fourth-order valence-corrected chi connectivity index (χ4v) is 2.28. The van der Waals surface area contributed by atoms with Gasteiger partial charge in [0.15, 0.2) is 11.7 Å². The molecule has 0 atom stereocenters. The lowest BCUT2D eigenvalue weighted by atomic mass is 9.98. The van der Waals surface area contributed by atoms with Crippen molar-refractivity contribution in [3.8, 4) is 0 Å². The molecule has 0 unspecified atom stereocenters. The fraction of sp³-hybridized carbons (Fsp3) is 0.357. The normalized spacial score (nSPS) is 17.3. The van der Waals surface area contributed by atoms with Crippen LogP contribution in [-0.4, -0.2) is 30.7 Å². The first-order valence-electron chi connectivity index (χ1n) is 6.34. The summed E-state index contributed by atoms with van der Waals surface area (Å²) in [4.78, 5) is 27.5. The lowest BCUT2D eigenvalue weighted by Gasteiger charge is -2.17. The number of carbonyl (C=O) groups excluding carboxylic acids is 2. The third-order valence-corrected chi connectivity index (χ3v) is 3.28. The zero-order chi connectivity index (χ0) is 13.2. The molecule has 1 amide bonds. The summed E-state index contributed by atoms with van der Waals surface area (Å²) in [5.41, 5.74) is 2.47. The van der Waals surface area contributed by atoms with Crippen LogP contribution in [-0.2, 0) is 16.0 Å². The Morgan fingerprint density at radius 1 is 1.37 bits per heavy atom. The van der Waals surface area contributed by atoms with Crippen LogP contribution in [0.1, 0.15) is 28.8 Å². The number of nitrogens with one attached hydrogen (secondary N) is 1. The maximum absolute atomic E-state index is 12.1. The van der Waals surface area contributed by atoms with E-state index in [1.165, 1.54) is 0 Å². The predicted octanol–water partition coefficient (Wildman–Crippen LogP) is 1.57. The Labute approximate surface area is 110 Å².